The molecule has 1 heterocycles. The number of likely N-dealkylation sites (N-methyl/N-ethyl adjacent to an activating group) is 1. The smallest absolute Gasteiger partial charge is 0.243 e. The number of hydrogen-bond donors (Lipinski definition) is 1. The number of nitrogens with one attached hydrogen (secondary N) is 1. The molecule has 1 aromatic rings. The molecule has 0 aromatic heterocycles. The van der Waals surface area contributed by atoms with Gasteiger partial charge in [0.25, 0.3) is 0 Å². The van der Waals surface area contributed by atoms with Crippen molar-refractivity contribution >= 4 is 11.9 Å². The lowest BCUT2D eigenvalue weighted by atomic mass is 10.1. The molecule has 1 aromatic carbocycles. The molecular weight excluding hydrogens is 328 g/mol. The van der Waals surface area contributed by atoms with Crippen molar-refractivity contribution in [1.29, 1.82) is 0 Å². The summed E-state index contributed by atoms with van der Waals surface area (Å²) in [5.74, 6) is 1.37. The molecule has 1 unspecified atom stereocenters. The molecule has 0 bridgehead atoms. The van der Waals surface area contributed by atoms with Crippen LogP contribution >= 0.6 is 0 Å². The normalized spacial score (nSPS) is 17.4. The Morgan fingerprint density at radius 2 is 2.12 bits per heavy atom. The average molecular weight is 361 g/mol. The van der Waals surface area contributed by atoms with Crippen molar-refractivity contribution in [1.82, 2.24) is 15.1 Å². The molecule has 0 radical (unpaired) electrons. The molecule has 144 valence electrons. The summed E-state index contributed by atoms with van der Waals surface area (Å²) < 4.78 is 5.57. The van der Waals surface area contributed by atoms with Crippen LogP contribution in [0.5, 0.6) is 0 Å². The van der Waals surface area contributed by atoms with Gasteiger partial charge in [0, 0.05) is 46.3 Å². The molecule has 1 atom stereocenters. The number of rotatable bonds is 8. The standard InChI is InChI=1S/C20H32N4O2/c1-4-26-16-18-11-13-24(15-18)20(22-14-19(25)23(2)3)21-12-10-17-8-6-5-7-9-17/h5-9,18H,4,10-16H2,1-3H3,(H,21,22). The van der Waals surface area contributed by atoms with Crippen molar-refractivity contribution in [3.8, 4) is 0 Å². The van der Waals surface area contributed by atoms with Crippen LogP contribution < -0.4 is 5.32 Å². The summed E-state index contributed by atoms with van der Waals surface area (Å²) in [5.41, 5.74) is 1.29. The van der Waals surface area contributed by atoms with Crippen LogP contribution in [-0.4, -0.2) is 75.2 Å². The lowest BCUT2D eigenvalue weighted by molar-refractivity contribution is -0.127. The number of benzene rings is 1. The Labute approximate surface area is 157 Å². The molecule has 0 aliphatic carbocycles. The minimum absolute atomic E-state index is 0.0115. The van der Waals surface area contributed by atoms with E-state index in [0.29, 0.717) is 5.92 Å². The van der Waals surface area contributed by atoms with Gasteiger partial charge in [0.2, 0.25) is 5.91 Å². The Kier molecular flexibility index (Phi) is 8.41. The van der Waals surface area contributed by atoms with Gasteiger partial charge < -0.3 is 19.9 Å². The Morgan fingerprint density at radius 1 is 1.35 bits per heavy atom. The highest BCUT2D eigenvalue weighted by Gasteiger charge is 2.25. The fraction of sp³-hybridized carbons (Fsp3) is 0.600. The quantitative estimate of drug-likeness (QED) is 0.565. The highest BCUT2D eigenvalue weighted by atomic mass is 16.5. The van der Waals surface area contributed by atoms with Crippen LogP contribution in [0, 0.1) is 5.92 Å². The van der Waals surface area contributed by atoms with Gasteiger partial charge in [-0.1, -0.05) is 30.3 Å². The van der Waals surface area contributed by atoms with Gasteiger partial charge in [-0.3, -0.25) is 4.79 Å². The second kappa shape index (κ2) is 10.8. The number of hydrogen-bond acceptors (Lipinski definition) is 3. The van der Waals surface area contributed by atoms with E-state index in [0.717, 1.165) is 51.6 Å². The zero-order valence-corrected chi connectivity index (χ0v) is 16.3. The van der Waals surface area contributed by atoms with Crippen molar-refractivity contribution < 1.29 is 9.53 Å². The van der Waals surface area contributed by atoms with Crippen LogP contribution in [0.3, 0.4) is 0 Å². The second-order valence-electron chi connectivity index (χ2n) is 6.85. The summed E-state index contributed by atoms with van der Waals surface area (Å²) in [5, 5.41) is 3.45. The Morgan fingerprint density at radius 3 is 2.81 bits per heavy atom. The molecule has 6 heteroatoms. The van der Waals surface area contributed by atoms with Crippen LogP contribution in [0.4, 0.5) is 0 Å². The summed E-state index contributed by atoms with van der Waals surface area (Å²) in [6, 6.07) is 10.4. The van der Waals surface area contributed by atoms with Crippen molar-refractivity contribution in [3.63, 3.8) is 0 Å². The predicted molar refractivity (Wildman–Crippen MR) is 105 cm³/mol. The minimum Gasteiger partial charge on any atom is -0.381 e. The van der Waals surface area contributed by atoms with E-state index in [2.05, 4.69) is 39.5 Å². The maximum Gasteiger partial charge on any atom is 0.243 e. The lowest BCUT2D eigenvalue weighted by Crippen LogP contribution is -2.42. The third-order valence-corrected chi connectivity index (χ3v) is 4.55. The third-order valence-electron chi connectivity index (χ3n) is 4.55. The first-order chi connectivity index (χ1) is 12.6. The molecular formula is C20H32N4O2. The van der Waals surface area contributed by atoms with Gasteiger partial charge in [0.05, 0.1) is 6.61 Å². The molecule has 1 saturated heterocycles. The largest absolute Gasteiger partial charge is 0.381 e. The van der Waals surface area contributed by atoms with Crippen LogP contribution in [0.15, 0.2) is 35.3 Å². The molecule has 1 N–H and O–H groups in total. The number of nitrogens with zero attached hydrogens (tertiary/aromatic N) is 3. The summed E-state index contributed by atoms with van der Waals surface area (Å²) in [6.07, 6.45) is 2.03. The van der Waals surface area contributed by atoms with Crippen molar-refractivity contribution in [2.24, 2.45) is 10.9 Å². The van der Waals surface area contributed by atoms with E-state index in [9.17, 15) is 4.79 Å². The fourth-order valence-electron chi connectivity index (χ4n) is 2.96. The van der Waals surface area contributed by atoms with Gasteiger partial charge >= 0.3 is 0 Å². The number of likely N-dealkylation sites (tertiary alicyclic amines) is 1. The van der Waals surface area contributed by atoms with Gasteiger partial charge in [0.15, 0.2) is 5.96 Å². The highest BCUT2D eigenvalue weighted by molar-refractivity contribution is 5.85. The molecule has 1 amide bonds. The monoisotopic (exact) mass is 360 g/mol. The van der Waals surface area contributed by atoms with E-state index < -0.39 is 0 Å². The number of ether oxygens (including phenoxy) is 1. The number of aliphatic imine (C=N–C) groups is 1. The highest BCUT2D eigenvalue weighted by Crippen LogP contribution is 2.16. The topological polar surface area (TPSA) is 57.2 Å². The zero-order valence-electron chi connectivity index (χ0n) is 16.3. The SMILES string of the molecule is CCOCC1CCN(C(=NCC(=O)N(C)C)NCCc2ccccc2)C1. The zero-order chi connectivity index (χ0) is 18.8. The van der Waals surface area contributed by atoms with Gasteiger partial charge in [-0.15, -0.1) is 0 Å². The van der Waals surface area contributed by atoms with Gasteiger partial charge in [-0.25, -0.2) is 4.99 Å². The summed E-state index contributed by atoms with van der Waals surface area (Å²) in [7, 11) is 3.52. The molecule has 1 aliphatic rings. The summed E-state index contributed by atoms with van der Waals surface area (Å²) in [4.78, 5) is 20.3. The molecule has 26 heavy (non-hydrogen) atoms. The lowest BCUT2D eigenvalue weighted by Gasteiger charge is -2.22. The number of amides is 1. The van der Waals surface area contributed by atoms with Crippen LogP contribution in [0.25, 0.3) is 0 Å². The summed E-state index contributed by atoms with van der Waals surface area (Å²) >= 11 is 0. The van der Waals surface area contributed by atoms with Crippen molar-refractivity contribution in [2.75, 3.05) is 53.5 Å². The van der Waals surface area contributed by atoms with Gasteiger partial charge in [-0.05, 0) is 25.3 Å². The van der Waals surface area contributed by atoms with E-state index in [-0.39, 0.29) is 12.5 Å². The fourth-order valence-corrected chi connectivity index (χ4v) is 2.96. The number of carbonyl (C=O) groups is 1. The molecule has 0 saturated carbocycles. The average Bonchev–Trinajstić information content (AvgIpc) is 3.12. The summed E-state index contributed by atoms with van der Waals surface area (Å²) in [6.45, 7) is 6.42. The molecule has 1 fully saturated rings. The minimum atomic E-state index is 0.0115. The van der Waals surface area contributed by atoms with Crippen LogP contribution in [0.1, 0.15) is 18.9 Å². The first kappa shape index (κ1) is 20.2. The molecule has 2 rings (SSSR count). The van der Waals surface area contributed by atoms with Crippen LogP contribution in [0.2, 0.25) is 0 Å². The van der Waals surface area contributed by atoms with E-state index in [4.69, 9.17) is 4.74 Å². The molecule has 0 spiro atoms. The van der Waals surface area contributed by atoms with Crippen molar-refractivity contribution in [3.05, 3.63) is 35.9 Å². The first-order valence-corrected chi connectivity index (χ1v) is 9.45. The van der Waals surface area contributed by atoms with E-state index in [1.807, 2.05) is 13.0 Å². The Hall–Kier alpha value is -2.08. The van der Waals surface area contributed by atoms with E-state index in [1.54, 1.807) is 19.0 Å². The Balaban J connectivity index is 1.93. The maximum absolute atomic E-state index is 11.9. The Bertz CT molecular complexity index is 574. The maximum atomic E-state index is 11.9. The third kappa shape index (κ3) is 6.67. The predicted octanol–water partition coefficient (Wildman–Crippen LogP) is 1.62. The van der Waals surface area contributed by atoms with Crippen LogP contribution in [-0.2, 0) is 16.0 Å². The van der Waals surface area contributed by atoms with E-state index >= 15 is 0 Å². The van der Waals surface area contributed by atoms with Gasteiger partial charge in [-0.2, -0.15) is 0 Å². The molecule has 6 nitrogen and oxygen atoms in total. The number of carbonyl (C=O) groups excluding carboxylic acids is 1. The second-order valence-corrected chi connectivity index (χ2v) is 6.85. The first-order valence-electron chi connectivity index (χ1n) is 9.45. The number of guanidine groups is 1. The van der Waals surface area contributed by atoms with Gasteiger partial charge in [0.1, 0.15) is 6.54 Å². The van der Waals surface area contributed by atoms with E-state index in [1.165, 1.54) is 5.56 Å². The molecule has 1 aliphatic heterocycles. The van der Waals surface area contributed by atoms with Crippen molar-refractivity contribution in [2.45, 2.75) is 19.8 Å².